The maximum Gasteiger partial charge on any atom is 0.145 e. The van der Waals surface area contributed by atoms with Crippen LogP contribution < -0.4 is 16.6 Å². The monoisotopic (exact) mass is 275 g/mol. The summed E-state index contributed by atoms with van der Waals surface area (Å²) in [4.78, 5) is 9.88. The van der Waals surface area contributed by atoms with Crippen molar-refractivity contribution in [1.29, 1.82) is 0 Å². The van der Waals surface area contributed by atoms with Crippen LogP contribution in [0.15, 0.2) is 35.2 Å². The van der Waals surface area contributed by atoms with Crippen molar-refractivity contribution in [3.8, 4) is 0 Å². The third kappa shape index (κ3) is 3.59. The van der Waals surface area contributed by atoms with Gasteiger partial charge in [0.2, 0.25) is 0 Å². The molecule has 1 aromatic heterocycles. The summed E-state index contributed by atoms with van der Waals surface area (Å²) in [5.74, 6) is 7.50. The second kappa shape index (κ2) is 6.40. The maximum atomic E-state index is 5.41. The van der Waals surface area contributed by atoms with E-state index in [2.05, 4.69) is 39.1 Å². The van der Waals surface area contributed by atoms with E-state index in [1.807, 2.05) is 19.1 Å². The highest BCUT2D eigenvalue weighted by Gasteiger charge is 2.03. The molecule has 0 unspecified atom stereocenters. The summed E-state index contributed by atoms with van der Waals surface area (Å²) in [5.41, 5.74) is 3.55. The van der Waals surface area contributed by atoms with Gasteiger partial charge in [-0.25, -0.2) is 15.8 Å². The Balaban J connectivity index is 2.26. The summed E-state index contributed by atoms with van der Waals surface area (Å²) in [6.45, 7) is 2.01. The lowest BCUT2D eigenvalue weighted by Crippen LogP contribution is -2.11. The van der Waals surface area contributed by atoms with Crippen molar-refractivity contribution in [2.75, 3.05) is 17.0 Å². The number of benzene rings is 1. The molecule has 5 nitrogen and oxygen atoms in total. The van der Waals surface area contributed by atoms with Crippen LogP contribution in [0.3, 0.4) is 0 Å². The molecule has 0 atom stereocenters. The molecule has 0 amide bonds. The van der Waals surface area contributed by atoms with Gasteiger partial charge in [-0.05, 0) is 24.5 Å². The number of hydrazine groups is 1. The Bertz CT molecular complexity index is 536. The number of nitrogens with zero attached hydrogens (tertiary/aromatic N) is 2. The number of rotatable bonds is 5. The molecule has 0 fully saturated rings. The first-order valence-corrected chi connectivity index (χ1v) is 7.23. The third-order valence-corrected chi connectivity index (χ3v) is 3.30. The third-order valence-electron chi connectivity index (χ3n) is 2.58. The second-order valence-electron chi connectivity index (χ2n) is 3.91. The summed E-state index contributed by atoms with van der Waals surface area (Å²) in [6.07, 6.45) is 2.81. The lowest BCUT2D eigenvalue weighted by Gasteiger charge is -2.09. The largest absolute Gasteiger partial charge is 0.340 e. The lowest BCUT2D eigenvalue weighted by molar-refractivity contribution is 0.941. The summed E-state index contributed by atoms with van der Waals surface area (Å²) < 4.78 is 0. The molecule has 4 N–H and O–H groups in total. The van der Waals surface area contributed by atoms with Crippen LogP contribution in [0.1, 0.15) is 12.7 Å². The molecule has 100 valence electrons. The number of hydrogen-bond acceptors (Lipinski definition) is 6. The van der Waals surface area contributed by atoms with Gasteiger partial charge in [-0.3, -0.25) is 0 Å². The molecule has 19 heavy (non-hydrogen) atoms. The van der Waals surface area contributed by atoms with E-state index in [9.17, 15) is 0 Å². The molecule has 0 radical (unpaired) electrons. The summed E-state index contributed by atoms with van der Waals surface area (Å²) >= 11 is 1.70. The van der Waals surface area contributed by atoms with Crippen LogP contribution in [0.5, 0.6) is 0 Å². The minimum Gasteiger partial charge on any atom is -0.340 e. The van der Waals surface area contributed by atoms with Gasteiger partial charge < -0.3 is 10.7 Å². The molecule has 0 aliphatic carbocycles. The minimum atomic E-state index is 0.607. The summed E-state index contributed by atoms with van der Waals surface area (Å²) in [5, 5.41) is 3.27. The molecule has 0 saturated carbocycles. The highest BCUT2D eigenvalue weighted by Crippen LogP contribution is 2.22. The van der Waals surface area contributed by atoms with Gasteiger partial charge in [0.15, 0.2) is 0 Å². The quantitative estimate of drug-likeness (QED) is 0.442. The minimum absolute atomic E-state index is 0.607. The fourth-order valence-corrected chi connectivity index (χ4v) is 2.10. The predicted octanol–water partition coefficient (Wildman–Crippen LogP) is 2.79. The molecule has 1 aromatic carbocycles. The Morgan fingerprint density at radius 3 is 2.68 bits per heavy atom. The van der Waals surface area contributed by atoms with Gasteiger partial charge in [-0.1, -0.05) is 13.0 Å². The molecule has 0 spiro atoms. The van der Waals surface area contributed by atoms with Gasteiger partial charge in [0.1, 0.15) is 17.5 Å². The number of nitrogen functional groups attached to an aromatic ring is 1. The van der Waals surface area contributed by atoms with Gasteiger partial charge in [0.05, 0.1) is 0 Å². The average Bonchev–Trinajstić information content (AvgIpc) is 2.47. The van der Waals surface area contributed by atoms with Crippen LogP contribution in [0.4, 0.5) is 17.3 Å². The smallest absolute Gasteiger partial charge is 0.145 e. The Labute approximate surface area is 117 Å². The maximum absolute atomic E-state index is 5.41. The molecule has 2 aromatic rings. The highest BCUT2D eigenvalue weighted by atomic mass is 32.2. The molecule has 0 saturated heterocycles. The fourth-order valence-electron chi connectivity index (χ4n) is 1.64. The van der Waals surface area contributed by atoms with Gasteiger partial charge in [-0.15, -0.1) is 11.8 Å². The normalized spacial score (nSPS) is 10.3. The molecule has 2 rings (SSSR count). The van der Waals surface area contributed by atoms with E-state index >= 15 is 0 Å². The van der Waals surface area contributed by atoms with Crippen molar-refractivity contribution in [3.63, 3.8) is 0 Å². The molecule has 0 bridgehead atoms. The number of nitrogens with one attached hydrogen (secondary N) is 2. The zero-order valence-electron chi connectivity index (χ0n) is 11.0. The van der Waals surface area contributed by atoms with E-state index in [1.165, 1.54) is 4.90 Å². The molecular formula is C13H17N5S. The first-order chi connectivity index (χ1) is 9.25. The lowest BCUT2D eigenvalue weighted by atomic mass is 10.3. The van der Waals surface area contributed by atoms with Crippen molar-refractivity contribution in [3.05, 3.63) is 36.2 Å². The first kappa shape index (κ1) is 13.6. The Morgan fingerprint density at radius 1 is 1.21 bits per heavy atom. The molecule has 0 aliphatic rings. The van der Waals surface area contributed by atoms with Gasteiger partial charge in [0.25, 0.3) is 0 Å². The van der Waals surface area contributed by atoms with E-state index < -0.39 is 0 Å². The van der Waals surface area contributed by atoms with Gasteiger partial charge >= 0.3 is 0 Å². The topological polar surface area (TPSA) is 75.9 Å². The zero-order chi connectivity index (χ0) is 13.7. The molecule has 0 aliphatic heterocycles. The van der Waals surface area contributed by atoms with E-state index in [0.29, 0.717) is 5.82 Å². The Kier molecular flexibility index (Phi) is 4.59. The van der Waals surface area contributed by atoms with Crippen LogP contribution >= 0.6 is 11.8 Å². The van der Waals surface area contributed by atoms with Crippen LogP contribution in [-0.2, 0) is 6.42 Å². The predicted molar refractivity (Wildman–Crippen MR) is 80.7 cm³/mol. The molecule has 6 heteroatoms. The number of nitrogens with two attached hydrogens (primary N) is 1. The van der Waals surface area contributed by atoms with Crippen LogP contribution in [0, 0.1) is 0 Å². The van der Waals surface area contributed by atoms with Crippen LogP contribution in [0.2, 0.25) is 0 Å². The van der Waals surface area contributed by atoms with E-state index in [-0.39, 0.29) is 0 Å². The Hall–Kier alpha value is -1.79. The number of anilines is 3. The second-order valence-corrected chi connectivity index (χ2v) is 4.79. The van der Waals surface area contributed by atoms with E-state index in [4.69, 9.17) is 5.84 Å². The molecule has 1 heterocycles. The first-order valence-electron chi connectivity index (χ1n) is 6.00. The van der Waals surface area contributed by atoms with Crippen molar-refractivity contribution in [1.82, 2.24) is 9.97 Å². The zero-order valence-corrected chi connectivity index (χ0v) is 11.8. The number of hydrogen-bond donors (Lipinski definition) is 3. The number of aromatic nitrogens is 2. The van der Waals surface area contributed by atoms with E-state index in [1.54, 1.807) is 17.8 Å². The van der Waals surface area contributed by atoms with Gasteiger partial charge in [-0.2, -0.15) is 0 Å². The fraction of sp³-hybridized carbons (Fsp3) is 0.231. The van der Waals surface area contributed by atoms with Crippen molar-refractivity contribution >= 4 is 29.1 Å². The van der Waals surface area contributed by atoms with Crippen molar-refractivity contribution < 1.29 is 0 Å². The Morgan fingerprint density at radius 2 is 2.00 bits per heavy atom. The van der Waals surface area contributed by atoms with Crippen molar-refractivity contribution in [2.24, 2.45) is 5.84 Å². The van der Waals surface area contributed by atoms with Crippen LogP contribution in [-0.4, -0.2) is 16.2 Å². The summed E-state index contributed by atoms with van der Waals surface area (Å²) in [7, 11) is 0. The van der Waals surface area contributed by atoms with Gasteiger partial charge in [0, 0.05) is 23.1 Å². The SMILES string of the molecule is CCc1nc(NN)cc(Nc2cccc(SC)c2)n1. The number of thioether (sulfide) groups is 1. The van der Waals surface area contributed by atoms with Crippen LogP contribution in [0.25, 0.3) is 0 Å². The van der Waals surface area contributed by atoms with E-state index in [0.717, 1.165) is 23.8 Å². The highest BCUT2D eigenvalue weighted by molar-refractivity contribution is 7.98. The van der Waals surface area contributed by atoms with Crippen molar-refractivity contribution in [2.45, 2.75) is 18.2 Å². The standard InChI is InChI=1S/C13H17N5S/c1-3-11-16-12(8-13(17-11)18-14)15-9-5-4-6-10(7-9)19-2/h4-8H,3,14H2,1-2H3,(H2,15,16,17,18). The molecular weight excluding hydrogens is 258 g/mol. The summed E-state index contributed by atoms with van der Waals surface area (Å²) in [6, 6.07) is 9.94. The number of aryl methyl sites for hydroxylation is 1. The average molecular weight is 275 g/mol.